The Morgan fingerprint density at radius 2 is 2.00 bits per heavy atom. The highest BCUT2D eigenvalue weighted by molar-refractivity contribution is 5.97. The average molecular weight is 407 g/mol. The molecule has 0 unspecified atom stereocenters. The Hall–Kier alpha value is -3.10. The number of ether oxygens (including phenoxy) is 1. The molecule has 2 N–H and O–H groups in total. The van der Waals surface area contributed by atoms with Crippen LogP contribution in [0.3, 0.4) is 0 Å². The van der Waals surface area contributed by atoms with Gasteiger partial charge in [-0.15, -0.1) is 0 Å². The van der Waals surface area contributed by atoms with Crippen LogP contribution in [0.25, 0.3) is 11.0 Å². The van der Waals surface area contributed by atoms with Crippen molar-refractivity contribution in [1.82, 2.24) is 15.3 Å². The lowest BCUT2D eigenvalue weighted by molar-refractivity contribution is -0.162. The number of methoxy groups -OCH3 is 1. The minimum Gasteiger partial charge on any atom is -0.497 e. The minimum absolute atomic E-state index is 0.00420. The summed E-state index contributed by atoms with van der Waals surface area (Å²) in [6, 6.07) is 8.59. The number of aromatic amines is 1. The quantitative estimate of drug-likeness (QED) is 0.622. The number of nitrogens with zero attached hydrogens (tertiary/aromatic N) is 1. The number of alkyl halides is 3. The third-order valence-corrected chi connectivity index (χ3v) is 5.18. The van der Waals surface area contributed by atoms with Gasteiger partial charge in [-0.2, -0.15) is 13.2 Å². The molecule has 1 heterocycles. The highest BCUT2D eigenvalue weighted by Gasteiger charge is 2.66. The van der Waals surface area contributed by atoms with Gasteiger partial charge in [0.25, 0.3) is 5.91 Å². The molecule has 1 fully saturated rings. The molecule has 9 heteroatoms. The summed E-state index contributed by atoms with van der Waals surface area (Å²) in [5.74, 6) is -0.638. The number of halogens is 4. The van der Waals surface area contributed by atoms with Gasteiger partial charge >= 0.3 is 6.18 Å². The van der Waals surface area contributed by atoms with Gasteiger partial charge in [-0.05, 0) is 49.2 Å². The molecule has 152 valence electrons. The lowest BCUT2D eigenvalue weighted by atomic mass is 10.1. The number of carbonyl (C=O) groups is 1. The first kappa shape index (κ1) is 19.2. The maximum absolute atomic E-state index is 13.9. The Morgan fingerprint density at radius 3 is 2.66 bits per heavy atom. The molecular formula is C20H17F4N3O2. The zero-order valence-electron chi connectivity index (χ0n) is 15.4. The van der Waals surface area contributed by atoms with E-state index in [4.69, 9.17) is 4.74 Å². The lowest BCUT2D eigenvalue weighted by Gasteiger charge is -2.16. The maximum Gasteiger partial charge on any atom is 0.401 e. The monoisotopic (exact) mass is 407 g/mol. The topological polar surface area (TPSA) is 67.0 Å². The van der Waals surface area contributed by atoms with Crippen molar-refractivity contribution in [3.05, 3.63) is 59.2 Å². The van der Waals surface area contributed by atoms with Crippen LogP contribution < -0.4 is 10.1 Å². The molecule has 3 aromatic rings. The van der Waals surface area contributed by atoms with Gasteiger partial charge in [-0.3, -0.25) is 4.79 Å². The summed E-state index contributed by atoms with van der Waals surface area (Å²) in [7, 11) is 1.45. The number of rotatable bonds is 5. The highest BCUT2D eigenvalue weighted by Crippen LogP contribution is 2.58. The number of carbonyl (C=O) groups excluding carboxylic acids is 1. The van der Waals surface area contributed by atoms with Crippen molar-refractivity contribution >= 4 is 16.9 Å². The zero-order chi connectivity index (χ0) is 20.8. The van der Waals surface area contributed by atoms with Crippen molar-refractivity contribution in [2.75, 3.05) is 7.11 Å². The third kappa shape index (κ3) is 3.41. The number of amides is 1. The van der Waals surface area contributed by atoms with Gasteiger partial charge < -0.3 is 15.0 Å². The molecule has 1 aliphatic carbocycles. The Balaban J connectivity index is 1.53. The molecule has 2 aromatic carbocycles. The molecule has 0 radical (unpaired) electrons. The summed E-state index contributed by atoms with van der Waals surface area (Å²) in [6.07, 6.45) is -4.38. The third-order valence-electron chi connectivity index (χ3n) is 5.18. The summed E-state index contributed by atoms with van der Waals surface area (Å²) in [5, 5.41) is 2.60. The number of hydrogen-bond acceptors (Lipinski definition) is 3. The van der Waals surface area contributed by atoms with Crippen LogP contribution in [0.15, 0.2) is 36.4 Å². The second-order valence-electron chi connectivity index (χ2n) is 7.04. The predicted octanol–water partition coefficient (Wildman–Crippen LogP) is 4.23. The van der Waals surface area contributed by atoms with Crippen molar-refractivity contribution in [3.8, 4) is 5.75 Å². The second kappa shape index (κ2) is 6.75. The number of imidazole rings is 1. The Bertz CT molecular complexity index is 1090. The van der Waals surface area contributed by atoms with E-state index in [1.165, 1.54) is 43.5 Å². The van der Waals surface area contributed by atoms with Crippen molar-refractivity contribution in [1.29, 1.82) is 0 Å². The summed E-state index contributed by atoms with van der Waals surface area (Å²) in [6.45, 7) is -0.0642. The predicted molar refractivity (Wildman–Crippen MR) is 97.2 cm³/mol. The number of benzene rings is 2. The Morgan fingerprint density at radius 1 is 1.24 bits per heavy atom. The van der Waals surface area contributed by atoms with E-state index in [0.29, 0.717) is 16.8 Å². The second-order valence-corrected chi connectivity index (χ2v) is 7.04. The van der Waals surface area contributed by atoms with Crippen LogP contribution in [0.4, 0.5) is 17.6 Å². The molecule has 0 aliphatic heterocycles. The van der Waals surface area contributed by atoms with Gasteiger partial charge in [-0.25, -0.2) is 9.37 Å². The van der Waals surface area contributed by atoms with Gasteiger partial charge in [0.1, 0.15) is 22.8 Å². The first-order valence-corrected chi connectivity index (χ1v) is 8.91. The van der Waals surface area contributed by atoms with Crippen molar-refractivity contribution in [2.45, 2.75) is 31.0 Å². The first-order valence-electron chi connectivity index (χ1n) is 8.91. The fraction of sp³-hybridized carbons (Fsp3) is 0.300. The molecule has 1 aliphatic rings. The molecule has 1 aromatic heterocycles. The van der Waals surface area contributed by atoms with Crippen LogP contribution in [-0.2, 0) is 12.0 Å². The molecule has 0 saturated heterocycles. The van der Waals surface area contributed by atoms with Crippen molar-refractivity contribution in [2.24, 2.45) is 0 Å². The van der Waals surface area contributed by atoms with E-state index in [1.54, 1.807) is 0 Å². The smallest absolute Gasteiger partial charge is 0.401 e. The lowest BCUT2D eigenvalue weighted by Crippen LogP contribution is -2.29. The molecule has 1 amide bonds. The summed E-state index contributed by atoms with van der Waals surface area (Å²) < 4.78 is 58.8. The minimum atomic E-state index is -4.37. The van der Waals surface area contributed by atoms with Crippen LogP contribution in [-0.4, -0.2) is 29.2 Å². The van der Waals surface area contributed by atoms with Gasteiger partial charge in [0, 0.05) is 17.7 Å². The number of H-pyrrole nitrogens is 1. The largest absolute Gasteiger partial charge is 0.497 e. The van der Waals surface area contributed by atoms with E-state index in [-0.39, 0.29) is 36.3 Å². The molecule has 0 spiro atoms. The molecule has 5 nitrogen and oxygen atoms in total. The van der Waals surface area contributed by atoms with E-state index in [0.717, 1.165) is 0 Å². The summed E-state index contributed by atoms with van der Waals surface area (Å²) in [5.41, 5.74) is -0.740. The van der Waals surface area contributed by atoms with E-state index < -0.39 is 23.3 Å². The summed E-state index contributed by atoms with van der Waals surface area (Å²) in [4.78, 5) is 19.2. The van der Waals surface area contributed by atoms with E-state index in [2.05, 4.69) is 15.3 Å². The molecule has 0 atom stereocenters. The zero-order valence-corrected chi connectivity index (χ0v) is 15.4. The van der Waals surface area contributed by atoms with E-state index >= 15 is 0 Å². The normalized spacial score (nSPS) is 15.3. The van der Waals surface area contributed by atoms with Crippen LogP contribution >= 0.6 is 0 Å². The van der Waals surface area contributed by atoms with Gasteiger partial charge in [0.05, 0.1) is 18.1 Å². The number of fused-ring (bicyclic) bond motifs is 1. The number of hydrogen-bond donors (Lipinski definition) is 2. The van der Waals surface area contributed by atoms with E-state index in [9.17, 15) is 22.4 Å². The molecule has 29 heavy (non-hydrogen) atoms. The SMILES string of the molecule is COc1ccc(F)c(CNC(=O)c2ccc3nc(C4(C(F)(F)F)CC4)[nH]c3c2)c1. The van der Waals surface area contributed by atoms with E-state index in [1.807, 2.05) is 0 Å². The maximum atomic E-state index is 13.9. The molecule has 4 rings (SSSR count). The first-order chi connectivity index (χ1) is 13.7. The van der Waals surface area contributed by atoms with Crippen LogP contribution in [0.2, 0.25) is 0 Å². The van der Waals surface area contributed by atoms with Crippen molar-refractivity contribution in [3.63, 3.8) is 0 Å². The van der Waals surface area contributed by atoms with Crippen LogP contribution in [0.1, 0.15) is 34.6 Å². The number of aromatic nitrogens is 2. The Labute approximate surface area is 163 Å². The van der Waals surface area contributed by atoms with Crippen LogP contribution in [0, 0.1) is 5.82 Å². The molecule has 0 bridgehead atoms. The van der Waals surface area contributed by atoms with Crippen LogP contribution in [0.5, 0.6) is 5.75 Å². The highest BCUT2D eigenvalue weighted by atomic mass is 19.4. The molecule has 1 saturated carbocycles. The van der Waals surface area contributed by atoms with Crippen molar-refractivity contribution < 1.29 is 27.1 Å². The average Bonchev–Trinajstić information content (AvgIpc) is 3.41. The van der Waals surface area contributed by atoms with Gasteiger partial charge in [0.2, 0.25) is 0 Å². The summed E-state index contributed by atoms with van der Waals surface area (Å²) >= 11 is 0. The number of nitrogens with one attached hydrogen (secondary N) is 2. The fourth-order valence-corrected chi connectivity index (χ4v) is 3.25. The molecular weight excluding hydrogens is 390 g/mol. The Kier molecular flexibility index (Phi) is 4.48. The van der Waals surface area contributed by atoms with Gasteiger partial charge in [0.15, 0.2) is 0 Å². The standard InChI is InChI=1S/C20H17F4N3O2/c1-29-13-3-4-14(21)12(8-13)10-25-17(28)11-2-5-15-16(9-11)27-18(26-15)19(6-7-19)20(22,23)24/h2-5,8-9H,6-7,10H2,1H3,(H,25,28)(H,26,27). The van der Waals surface area contributed by atoms with Gasteiger partial charge in [-0.1, -0.05) is 0 Å². The fourth-order valence-electron chi connectivity index (χ4n) is 3.25.